The van der Waals surface area contributed by atoms with Crippen LogP contribution in [0.3, 0.4) is 0 Å². The highest BCUT2D eigenvalue weighted by molar-refractivity contribution is 5.81. The first-order valence-corrected chi connectivity index (χ1v) is 8.76. The molecule has 0 spiro atoms. The van der Waals surface area contributed by atoms with Crippen LogP contribution in [0.25, 0.3) is 0 Å². The third kappa shape index (κ3) is 8.60. The van der Waals surface area contributed by atoms with Crippen LogP contribution in [0.1, 0.15) is 92.4 Å². The van der Waals surface area contributed by atoms with Crippen LogP contribution in [0, 0.1) is 11.3 Å². The van der Waals surface area contributed by atoms with Crippen LogP contribution in [-0.4, -0.2) is 12.5 Å². The third-order valence-corrected chi connectivity index (χ3v) is 4.36. The third-order valence-electron chi connectivity index (χ3n) is 4.36. The average Bonchev–Trinajstić information content (AvgIpc) is 2.43. The Morgan fingerprint density at radius 3 is 2.20 bits per heavy atom. The van der Waals surface area contributed by atoms with Crippen LogP contribution in [0.4, 0.5) is 0 Å². The van der Waals surface area contributed by atoms with Gasteiger partial charge in [-0.3, -0.25) is 4.79 Å². The van der Waals surface area contributed by atoms with Crippen molar-refractivity contribution < 1.29 is 4.79 Å². The Kier molecular flexibility index (Phi) is 10.9. The van der Waals surface area contributed by atoms with Crippen molar-refractivity contribution in [1.82, 2.24) is 5.32 Å². The van der Waals surface area contributed by atoms with Gasteiger partial charge in [-0.05, 0) is 18.8 Å². The van der Waals surface area contributed by atoms with Gasteiger partial charge in [0.1, 0.15) is 0 Å². The molecule has 2 nitrogen and oxygen atoms in total. The predicted octanol–water partition coefficient (Wildman–Crippen LogP) is 5.32. The van der Waals surface area contributed by atoms with E-state index < -0.39 is 0 Å². The van der Waals surface area contributed by atoms with Crippen molar-refractivity contribution in [2.45, 2.75) is 92.4 Å². The molecule has 1 atom stereocenters. The molecular weight excluding hydrogens is 246 g/mol. The summed E-state index contributed by atoms with van der Waals surface area (Å²) in [6, 6.07) is 0. The van der Waals surface area contributed by atoms with Gasteiger partial charge in [0.2, 0.25) is 5.91 Å². The molecule has 1 amide bonds. The van der Waals surface area contributed by atoms with Crippen molar-refractivity contribution in [3.05, 3.63) is 0 Å². The summed E-state index contributed by atoms with van der Waals surface area (Å²) in [6.45, 7) is 11.7. The largest absolute Gasteiger partial charge is 0.355 e. The van der Waals surface area contributed by atoms with Gasteiger partial charge in [0.25, 0.3) is 0 Å². The van der Waals surface area contributed by atoms with Crippen molar-refractivity contribution >= 4 is 5.91 Å². The number of nitrogens with one attached hydrogen (secondary N) is 1. The van der Waals surface area contributed by atoms with Gasteiger partial charge in [0.05, 0.1) is 0 Å². The number of rotatable bonds is 12. The summed E-state index contributed by atoms with van der Waals surface area (Å²) in [6.07, 6.45) is 10.9. The predicted molar refractivity (Wildman–Crippen MR) is 88.9 cm³/mol. The molecule has 0 heterocycles. The van der Waals surface area contributed by atoms with Gasteiger partial charge < -0.3 is 5.32 Å². The Labute approximate surface area is 127 Å². The van der Waals surface area contributed by atoms with Crippen LogP contribution in [0.5, 0.6) is 0 Å². The molecule has 0 aromatic rings. The average molecular weight is 284 g/mol. The highest BCUT2D eigenvalue weighted by Gasteiger charge is 2.26. The lowest BCUT2D eigenvalue weighted by atomic mass is 9.85. The fraction of sp³-hybridized carbons (Fsp3) is 0.944. The van der Waals surface area contributed by atoms with Gasteiger partial charge in [-0.1, -0.05) is 79.6 Å². The van der Waals surface area contributed by atoms with E-state index in [0.717, 1.165) is 19.4 Å². The molecule has 2 heteroatoms. The Morgan fingerprint density at radius 1 is 1.00 bits per heavy atom. The fourth-order valence-corrected chi connectivity index (χ4v) is 2.53. The number of carbonyl (C=O) groups is 1. The first-order valence-electron chi connectivity index (χ1n) is 8.76. The minimum absolute atomic E-state index is 0.212. The SMILES string of the molecule is CCCCCCC(C)(C)C(=O)NCC(CC)CCCC. The lowest BCUT2D eigenvalue weighted by molar-refractivity contribution is -0.130. The normalized spacial score (nSPS) is 13.2. The fourth-order valence-electron chi connectivity index (χ4n) is 2.53. The van der Waals surface area contributed by atoms with Gasteiger partial charge >= 0.3 is 0 Å². The van der Waals surface area contributed by atoms with Crippen LogP contribution in [0.2, 0.25) is 0 Å². The standard InChI is InChI=1S/C18H37NO/c1-6-9-11-12-14-18(4,5)17(20)19-15-16(8-3)13-10-7-2/h16H,6-15H2,1-5H3,(H,19,20). The monoisotopic (exact) mass is 283 g/mol. The number of hydrogen-bond acceptors (Lipinski definition) is 1. The van der Waals surface area contributed by atoms with E-state index in [1.807, 2.05) is 0 Å². The Bertz CT molecular complexity index is 248. The second kappa shape index (κ2) is 11.2. The van der Waals surface area contributed by atoms with E-state index in [4.69, 9.17) is 0 Å². The van der Waals surface area contributed by atoms with Gasteiger partial charge in [-0.25, -0.2) is 0 Å². The maximum absolute atomic E-state index is 12.3. The zero-order valence-electron chi connectivity index (χ0n) is 14.6. The number of carbonyl (C=O) groups excluding carboxylic acids is 1. The first kappa shape index (κ1) is 19.5. The zero-order chi connectivity index (χ0) is 15.4. The summed E-state index contributed by atoms with van der Waals surface area (Å²) >= 11 is 0. The number of unbranched alkanes of at least 4 members (excludes halogenated alkanes) is 4. The lowest BCUT2D eigenvalue weighted by Gasteiger charge is -2.25. The van der Waals surface area contributed by atoms with Crippen LogP contribution >= 0.6 is 0 Å². The molecule has 0 saturated carbocycles. The van der Waals surface area contributed by atoms with E-state index in [0.29, 0.717) is 5.92 Å². The van der Waals surface area contributed by atoms with Gasteiger partial charge in [-0.2, -0.15) is 0 Å². The minimum Gasteiger partial charge on any atom is -0.355 e. The van der Waals surface area contributed by atoms with Gasteiger partial charge in [0, 0.05) is 12.0 Å². The zero-order valence-corrected chi connectivity index (χ0v) is 14.6. The van der Waals surface area contributed by atoms with E-state index in [9.17, 15) is 4.79 Å². The molecular formula is C18H37NO. The molecule has 0 aliphatic rings. The molecule has 0 aliphatic carbocycles. The van der Waals surface area contributed by atoms with Crippen molar-refractivity contribution in [1.29, 1.82) is 0 Å². The number of amides is 1. The van der Waals surface area contributed by atoms with E-state index in [-0.39, 0.29) is 11.3 Å². The smallest absolute Gasteiger partial charge is 0.225 e. The van der Waals surface area contributed by atoms with Crippen molar-refractivity contribution in [3.8, 4) is 0 Å². The van der Waals surface area contributed by atoms with Gasteiger partial charge in [-0.15, -0.1) is 0 Å². The molecule has 0 aliphatic heterocycles. The quantitative estimate of drug-likeness (QED) is 0.483. The van der Waals surface area contributed by atoms with E-state index in [1.165, 1.54) is 44.9 Å². The van der Waals surface area contributed by atoms with Crippen LogP contribution in [0.15, 0.2) is 0 Å². The summed E-state index contributed by atoms with van der Waals surface area (Å²) < 4.78 is 0. The van der Waals surface area contributed by atoms with Gasteiger partial charge in [0.15, 0.2) is 0 Å². The summed E-state index contributed by atoms with van der Waals surface area (Å²) in [5.41, 5.74) is -0.212. The maximum atomic E-state index is 12.3. The minimum atomic E-state index is -0.212. The van der Waals surface area contributed by atoms with Crippen molar-refractivity contribution in [3.63, 3.8) is 0 Å². The Hall–Kier alpha value is -0.530. The first-order chi connectivity index (χ1) is 9.47. The maximum Gasteiger partial charge on any atom is 0.225 e. The molecule has 1 N–H and O–H groups in total. The topological polar surface area (TPSA) is 29.1 Å². The summed E-state index contributed by atoms with van der Waals surface area (Å²) in [5, 5.41) is 3.18. The molecule has 0 aromatic carbocycles. The molecule has 0 radical (unpaired) electrons. The molecule has 0 aromatic heterocycles. The summed E-state index contributed by atoms with van der Waals surface area (Å²) in [4.78, 5) is 12.3. The van der Waals surface area contributed by atoms with Crippen LogP contribution in [-0.2, 0) is 4.79 Å². The number of hydrogen-bond donors (Lipinski definition) is 1. The van der Waals surface area contributed by atoms with Crippen LogP contribution < -0.4 is 5.32 Å². The lowest BCUT2D eigenvalue weighted by Crippen LogP contribution is -2.39. The Balaban J connectivity index is 4.02. The molecule has 120 valence electrons. The Morgan fingerprint density at radius 2 is 1.65 bits per heavy atom. The second-order valence-corrected chi connectivity index (χ2v) is 6.82. The van der Waals surface area contributed by atoms with Crippen molar-refractivity contribution in [2.75, 3.05) is 6.54 Å². The van der Waals surface area contributed by atoms with E-state index in [1.54, 1.807) is 0 Å². The summed E-state index contributed by atoms with van der Waals surface area (Å²) in [5.74, 6) is 0.888. The molecule has 0 saturated heterocycles. The highest BCUT2D eigenvalue weighted by Crippen LogP contribution is 2.24. The molecule has 0 rings (SSSR count). The second-order valence-electron chi connectivity index (χ2n) is 6.82. The summed E-state index contributed by atoms with van der Waals surface area (Å²) in [7, 11) is 0. The van der Waals surface area contributed by atoms with E-state index in [2.05, 4.69) is 39.9 Å². The molecule has 20 heavy (non-hydrogen) atoms. The molecule has 1 unspecified atom stereocenters. The molecule has 0 bridgehead atoms. The van der Waals surface area contributed by atoms with E-state index >= 15 is 0 Å². The highest BCUT2D eigenvalue weighted by atomic mass is 16.2. The van der Waals surface area contributed by atoms with Crippen molar-refractivity contribution in [2.24, 2.45) is 11.3 Å². The molecule has 0 fully saturated rings.